The van der Waals surface area contributed by atoms with Gasteiger partial charge in [-0.25, -0.2) is 0 Å². The van der Waals surface area contributed by atoms with Crippen molar-refractivity contribution in [2.45, 2.75) is 24.9 Å². The molecular weight excluding hydrogens is 250 g/mol. The molecule has 4 nitrogen and oxygen atoms in total. The van der Waals surface area contributed by atoms with Crippen molar-refractivity contribution in [2.24, 2.45) is 0 Å². The Morgan fingerprint density at radius 3 is 2.65 bits per heavy atom. The number of likely N-dealkylation sites (N-methyl/N-ethyl adjacent to an activating group) is 2. The van der Waals surface area contributed by atoms with Gasteiger partial charge in [0, 0.05) is 12.6 Å². The first-order valence-electron chi connectivity index (χ1n) is 7.29. The molecule has 1 heterocycles. The lowest BCUT2D eigenvalue weighted by molar-refractivity contribution is -0.126. The van der Waals surface area contributed by atoms with E-state index in [0.29, 0.717) is 6.04 Å². The molecule has 1 aliphatic heterocycles. The van der Waals surface area contributed by atoms with Crippen LogP contribution >= 0.6 is 0 Å². The summed E-state index contributed by atoms with van der Waals surface area (Å²) in [5.41, 5.74) is 1.04. The van der Waals surface area contributed by atoms with Crippen LogP contribution in [0.2, 0.25) is 0 Å². The zero-order valence-electron chi connectivity index (χ0n) is 12.7. The van der Waals surface area contributed by atoms with E-state index in [1.807, 2.05) is 49.3 Å². The molecule has 0 spiro atoms. The smallest absolute Gasteiger partial charge is 0.241 e. The average molecular weight is 275 g/mol. The highest BCUT2D eigenvalue weighted by molar-refractivity contribution is 5.83. The summed E-state index contributed by atoms with van der Waals surface area (Å²) in [4.78, 5) is 16.8. The Balaban J connectivity index is 1.97. The lowest BCUT2D eigenvalue weighted by Crippen LogP contribution is -2.43. The van der Waals surface area contributed by atoms with Gasteiger partial charge in [0.2, 0.25) is 5.91 Å². The van der Waals surface area contributed by atoms with Gasteiger partial charge in [0.15, 0.2) is 0 Å². The Hall–Kier alpha value is -1.39. The maximum atomic E-state index is 12.5. The van der Waals surface area contributed by atoms with Crippen molar-refractivity contribution in [1.82, 2.24) is 15.1 Å². The van der Waals surface area contributed by atoms with Crippen LogP contribution in [0, 0.1) is 0 Å². The van der Waals surface area contributed by atoms with E-state index in [-0.39, 0.29) is 11.9 Å². The second kappa shape index (κ2) is 6.86. The molecule has 110 valence electrons. The topological polar surface area (TPSA) is 35.6 Å². The molecule has 0 radical (unpaired) electrons. The van der Waals surface area contributed by atoms with Crippen LogP contribution in [0.3, 0.4) is 0 Å². The van der Waals surface area contributed by atoms with Crippen LogP contribution < -0.4 is 5.32 Å². The van der Waals surface area contributed by atoms with E-state index in [9.17, 15) is 4.79 Å². The van der Waals surface area contributed by atoms with Crippen LogP contribution in [-0.2, 0) is 4.79 Å². The van der Waals surface area contributed by atoms with Crippen LogP contribution in [0.25, 0.3) is 0 Å². The van der Waals surface area contributed by atoms with E-state index >= 15 is 0 Å². The molecule has 0 aliphatic carbocycles. The molecule has 2 atom stereocenters. The number of likely N-dealkylation sites (tertiary alicyclic amines) is 1. The maximum absolute atomic E-state index is 12.5. The van der Waals surface area contributed by atoms with Crippen molar-refractivity contribution in [3.05, 3.63) is 35.9 Å². The quantitative estimate of drug-likeness (QED) is 0.884. The van der Waals surface area contributed by atoms with E-state index in [0.717, 1.165) is 18.7 Å². The molecule has 4 heteroatoms. The van der Waals surface area contributed by atoms with Crippen LogP contribution in [0.1, 0.15) is 24.4 Å². The van der Waals surface area contributed by atoms with Gasteiger partial charge in [0.25, 0.3) is 0 Å². The number of carbonyl (C=O) groups excluding carboxylic acids is 1. The van der Waals surface area contributed by atoms with Crippen molar-refractivity contribution < 1.29 is 4.79 Å². The molecule has 1 saturated heterocycles. The van der Waals surface area contributed by atoms with Crippen molar-refractivity contribution in [1.29, 1.82) is 0 Å². The standard InChI is InChI=1S/C16H25N3O/c1-18(2)15(13-8-5-4-6-9-13)16(20)17-12-14-10-7-11-19(14)3/h4-6,8-9,14-15H,7,10-12H2,1-3H3,(H,17,20). The van der Waals surface area contributed by atoms with Crippen molar-refractivity contribution in [3.63, 3.8) is 0 Å². The number of rotatable bonds is 5. The minimum Gasteiger partial charge on any atom is -0.353 e. The molecule has 0 bridgehead atoms. The van der Waals surface area contributed by atoms with E-state index in [2.05, 4.69) is 17.3 Å². The third-order valence-corrected chi connectivity index (χ3v) is 4.06. The molecule has 2 rings (SSSR count). The van der Waals surface area contributed by atoms with Gasteiger partial charge in [-0.1, -0.05) is 30.3 Å². The molecule has 2 unspecified atom stereocenters. The Kier molecular flexibility index (Phi) is 5.15. The highest BCUT2D eigenvalue weighted by Crippen LogP contribution is 2.19. The highest BCUT2D eigenvalue weighted by atomic mass is 16.2. The number of nitrogens with zero attached hydrogens (tertiary/aromatic N) is 2. The summed E-state index contributed by atoms with van der Waals surface area (Å²) < 4.78 is 0. The van der Waals surface area contributed by atoms with Crippen molar-refractivity contribution in [2.75, 3.05) is 34.2 Å². The Labute approximate surface area is 121 Å². The van der Waals surface area contributed by atoms with Crippen LogP contribution in [0.15, 0.2) is 30.3 Å². The van der Waals surface area contributed by atoms with E-state index < -0.39 is 0 Å². The molecule has 20 heavy (non-hydrogen) atoms. The van der Waals surface area contributed by atoms with Crippen LogP contribution in [0.5, 0.6) is 0 Å². The molecule has 1 fully saturated rings. The third kappa shape index (κ3) is 3.58. The zero-order chi connectivity index (χ0) is 14.5. The fourth-order valence-corrected chi connectivity index (χ4v) is 2.87. The fraction of sp³-hybridized carbons (Fsp3) is 0.562. The minimum atomic E-state index is -0.220. The first-order valence-corrected chi connectivity index (χ1v) is 7.29. The van der Waals surface area contributed by atoms with Gasteiger partial charge in [0.1, 0.15) is 6.04 Å². The minimum absolute atomic E-state index is 0.0847. The molecule has 1 N–H and O–H groups in total. The molecular formula is C16H25N3O. The maximum Gasteiger partial charge on any atom is 0.241 e. The SMILES string of the molecule is CN(C)C(C(=O)NCC1CCCN1C)c1ccccc1. The Morgan fingerprint density at radius 1 is 1.40 bits per heavy atom. The zero-order valence-corrected chi connectivity index (χ0v) is 12.7. The van der Waals surface area contributed by atoms with Gasteiger partial charge in [-0.2, -0.15) is 0 Å². The third-order valence-electron chi connectivity index (χ3n) is 4.06. The normalized spacial score (nSPS) is 21.1. The van der Waals surface area contributed by atoms with Crippen molar-refractivity contribution in [3.8, 4) is 0 Å². The number of amides is 1. The predicted molar refractivity (Wildman–Crippen MR) is 81.5 cm³/mol. The number of nitrogens with one attached hydrogen (secondary N) is 1. The summed E-state index contributed by atoms with van der Waals surface area (Å²) >= 11 is 0. The lowest BCUT2D eigenvalue weighted by atomic mass is 10.1. The van der Waals surface area contributed by atoms with E-state index in [1.54, 1.807) is 0 Å². The molecule has 1 aliphatic rings. The van der Waals surface area contributed by atoms with Gasteiger partial charge in [0.05, 0.1) is 0 Å². The second-order valence-electron chi connectivity index (χ2n) is 5.80. The number of hydrogen-bond donors (Lipinski definition) is 1. The molecule has 0 aromatic heterocycles. The van der Waals surface area contributed by atoms with Gasteiger partial charge in [-0.3, -0.25) is 9.69 Å². The number of carbonyl (C=O) groups is 1. The van der Waals surface area contributed by atoms with Crippen molar-refractivity contribution >= 4 is 5.91 Å². The van der Waals surface area contributed by atoms with Gasteiger partial charge >= 0.3 is 0 Å². The van der Waals surface area contributed by atoms with Gasteiger partial charge in [-0.05, 0) is 46.1 Å². The second-order valence-corrected chi connectivity index (χ2v) is 5.80. The summed E-state index contributed by atoms with van der Waals surface area (Å²) in [7, 11) is 6.02. The van der Waals surface area contributed by atoms with Gasteiger partial charge in [-0.15, -0.1) is 0 Å². The van der Waals surface area contributed by atoms with E-state index in [1.165, 1.54) is 12.8 Å². The van der Waals surface area contributed by atoms with Crippen LogP contribution in [-0.4, -0.2) is 56.0 Å². The summed E-state index contributed by atoms with van der Waals surface area (Å²) in [6.07, 6.45) is 2.40. The molecule has 0 saturated carbocycles. The summed E-state index contributed by atoms with van der Waals surface area (Å²) in [6.45, 7) is 1.88. The predicted octanol–water partition coefficient (Wildman–Crippen LogP) is 1.50. The summed E-state index contributed by atoms with van der Waals surface area (Å²) in [6, 6.07) is 10.2. The summed E-state index contributed by atoms with van der Waals surface area (Å²) in [5.74, 6) is 0.0847. The summed E-state index contributed by atoms with van der Waals surface area (Å²) in [5, 5.41) is 3.11. The first-order chi connectivity index (χ1) is 9.59. The van der Waals surface area contributed by atoms with Gasteiger partial charge < -0.3 is 10.2 Å². The number of hydrogen-bond acceptors (Lipinski definition) is 3. The molecule has 1 aromatic carbocycles. The fourth-order valence-electron chi connectivity index (χ4n) is 2.87. The molecule has 1 aromatic rings. The monoisotopic (exact) mass is 275 g/mol. The van der Waals surface area contributed by atoms with E-state index in [4.69, 9.17) is 0 Å². The number of benzene rings is 1. The largest absolute Gasteiger partial charge is 0.353 e. The Bertz CT molecular complexity index is 433. The first kappa shape index (κ1) is 15.0. The Morgan fingerprint density at radius 2 is 2.10 bits per heavy atom. The van der Waals surface area contributed by atoms with Crippen LogP contribution in [0.4, 0.5) is 0 Å². The lowest BCUT2D eigenvalue weighted by Gasteiger charge is -2.26. The average Bonchev–Trinajstić information content (AvgIpc) is 2.83. The highest BCUT2D eigenvalue weighted by Gasteiger charge is 2.25. The molecule has 1 amide bonds.